The van der Waals surface area contributed by atoms with Gasteiger partial charge in [-0.15, -0.1) is 0 Å². The van der Waals surface area contributed by atoms with Crippen LogP contribution >= 0.6 is 11.8 Å². The third kappa shape index (κ3) is 3.66. The van der Waals surface area contributed by atoms with Crippen LogP contribution in [-0.4, -0.2) is 36.7 Å². The fourth-order valence-electron chi connectivity index (χ4n) is 3.48. The van der Waals surface area contributed by atoms with E-state index in [4.69, 9.17) is 9.73 Å². The summed E-state index contributed by atoms with van der Waals surface area (Å²) >= 11 is 1.95. The number of hydrogen-bond acceptors (Lipinski definition) is 4. The highest BCUT2D eigenvalue weighted by Crippen LogP contribution is 2.41. The first kappa shape index (κ1) is 13.7. The average molecular weight is 282 g/mol. The van der Waals surface area contributed by atoms with Gasteiger partial charge in [-0.3, -0.25) is 4.99 Å². The fourth-order valence-corrected chi connectivity index (χ4v) is 4.66. The van der Waals surface area contributed by atoms with Crippen molar-refractivity contribution in [3.05, 3.63) is 0 Å². The van der Waals surface area contributed by atoms with Gasteiger partial charge in [0.25, 0.3) is 0 Å². The van der Waals surface area contributed by atoms with E-state index in [-0.39, 0.29) is 0 Å². The number of ether oxygens (including phenoxy) is 1. The maximum Gasteiger partial charge on any atom is 0.156 e. The molecule has 0 aromatic rings. The molecule has 108 valence electrons. The highest BCUT2D eigenvalue weighted by atomic mass is 32.2. The van der Waals surface area contributed by atoms with Gasteiger partial charge in [0.2, 0.25) is 0 Å². The van der Waals surface area contributed by atoms with Crippen molar-refractivity contribution in [2.75, 3.05) is 25.4 Å². The van der Waals surface area contributed by atoms with Crippen LogP contribution in [-0.2, 0) is 4.74 Å². The lowest BCUT2D eigenvalue weighted by molar-refractivity contribution is 0.105. The van der Waals surface area contributed by atoms with E-state index >= 15 is 0 Å². The van der Waals surface area contributed by atoms with Crippen LogP contribution < -0.4 is 5.32 Å². The van der Waals surface area contributed by atoms with Gasteiger partial charge in [0, 0.05) is 25.4 Å². The van der Waals surface area contributed by atoms with Crippen LogP contribution in [0, 0.1) is 5.41 Å². The zero-order valence-electron chi connectivity index (χ0n) is 11.8. The molecule has 0 amide bonds. The lowest BCUT2D eigenvalue weighted by Crippen LogP contribution is -2.37. The normalized spacial score (nSPS) is 30.3. The topological polar surface area (TPSA) is 33.6 Å². The Bertz CT molecular complexity index is 320. The van der Waals surface area contributed by atoms with E-state index in [1.165, 1.54) is 55.9 Å². The minimum Gasteiger partial charge on any atom is -0.378 e. The molecule has 1 spiro atoms. The number of hydrogen-bond donors (Lipinski definition) is 1. The Labute approximate surface area is 121 Å². The Morgan fingerprint density at radius 1 is 1.26 bits per heavy atom. The first-order valence-electron chi connectivity index (χ1n) is 7.89. The molecule has 3 nitrogen and oxygen atoms in total. The van der Waals surface area contributed by atoms with E-state index in [9.17, 15) is 0 Å². The molecule has 19 heavy (non-hydrogen) atoms. The number of nitrogens with zero attached hydrogens (tertiary/aromatic N) is 1. The van der Waals surface area contributed by atoms with Crippen molar-refractivity contribution < 1.29 is 4.74 Å². The number of nitrogens with one attached hydrogen (secondary N) is 1. The quantitative estimate of drug-likeness (QED) is 0.863. The summed E-state index contributed by atoms with van der Waals surface area (Å²) in [7, 11) is 0. The van der Waals surface area contributed by atoms with Gasteiger partial charge < -0.3 is 10.1 Å². The Morgan fingerprint density at radius 3 is 2.84 bits per heavy atom. The smallest absolute Gasteiger partial charge is 0.156 e. The third-order valence-corrected chi connectivity index (χ3v) is 6.06. The summed E-state index contributed by atoms with van der Waals surface area (Å²) in [6.07, 6.45) is 11.2. The lowest BCUT2D eigenvalue weighted by Gasteiger charge is -2.38. The maximum atomic E-state index is 5.65. The molecule has 2 heterocycles. The largest absolute Gasteiger partial charge is 0.378 e. The van der Waals surface area contributed by atoms with Crippen molar-refractivity contribution in [3.63, 3.8) is 0 Å². The van der Waals surface area contributed by atoms with Crippen molar-refractivity contribution in [3.8, 4) is 0 Å². The number of thioether (sulfide) groups is 1. The molecule has 2 aliphatic heterocycles. The highest BCUT2D eigenvalue weighted by Gasteiger charge is 2.34. The molecular weight excluding hydrogens is 256 g/mol. The summed E-state index contributed by atoms with van der Waals surface area (Å²) in [5, 5.41) is 4.68. The molecule has 3 aliphatic rings. The molecule has 1 saturated heterocycles. The van der Waals surface area contributed by atoms with Crippen molar-refractivity contribution in [1.82, 2.24) is 5.32 Å². The van der Waals surface area contributed by atoms with E-state index in [2.05, 4.69) is 5.32 Å². The summed E-state index contributed by atoms with van der Waals surface area (Å²) in [6.45, 7) is 3.04. The van der Waals surface area contributed by atoms with Crippen LogP contribution in [0.5, 0.6) is 0 Å². The Balaban J connectivity index is 1.40. The minimum absolute atomic E-state index is 0.492. The summed E-state index contributed by atoms with van der Waals surface area (Å²) in [4.78, 5) is 4.80. The fraction of sp³-hybridized carbons (Fsp3) is 0.933. The molecule has 4 heteroatoms. The molecule has 1 saturated carbocycles. The molecule has 0 aromatic carbocycles. The molecule has 1 N–H and O–H groups in total. The predicted molar refractivity (Wildman–Crippen MR) is 81.9 cm³/mol. The first-order valence-corrected chi connectivity index (χ1v) is 8.88. The van der Waals surface area contributed by atoms with Gasteiger partial charge in [0.05, 0.1) is 6.10 Å². The molecule has 2 fully saturated rings. The lowest BCUT2D eigenvalue weighted by atomic mass is 9.75. The van der Waals surface area contributed by atoms with Crippen molar-refractivity contribution >= 4 is 16.9 Å². The monoisotopic (exact) mass is 282 g/mol. The third-order valence-electron chi connectivity index (χ3n) is 4.75. The minimum atomic E-state index is 0.492. The van der Waals surface area contributed by atoms with Crippen LogP contribution in [0.1, 0.15) is 51.4 Å². The van der Waals surface area contributed by atoms with Crippen LogP contribution in [0.2, 0.25) is 0 Å². The standard InChI is InChI=1S/C15H26N2OS/c1-2-7-15(8-3-1)11-17-14(19-12-15)16-9-6-13-5-4-10-18-13/h13H,1-12H2,(H,16,17). The number of amidine groups is 1. The van der Waals surface area contributed by atoms with Gasteiger partial charge in [0.15, 0.2) is 5.17 Å². The number of aliphatic imine (C=N–C) groups is 1. The van der Waals surface area contributed by atoms with Crippen molar-refractivity contribution in [2.45, 2.75) is 57.5 Å². The molecule has 1 unspecified atom stereocenters. The summed E-state index contributed by atoms with van der Waals surface area (Å²) in [5.74, 6) is 1.28. The van der Waals surface area contributed by atoms with Gasteiger partial charge >= 0.3 is 0 Å². The maximum absolute atomic E-state index is 5.65. The van der Waals surface area contributed by atoms with Crippen molar-refractivity contribution in [1.29, 1.82) is 0 Å². The predicted octanol–water partition coefficient (Wildman–Crippen LogP) is 3.20. The molecule has 0 aromatic heterocycles. The van der Waals surface area contributed by atoms with E-state index in [1.54, 1.807) is 0 Å². The average Bonchev–Trinajstić information content (AvgIpc) is 2.96. The molecular formula is C15H26N2OS. The summed E-state index contributed by atoms with van der Waals surface area (Å²) < 4.78 is 5.65. The highest BCUT2D eigenvalue weighted by molar-refractivity contribution is 8.13. The molecule has 0 radical (unpaired) electrons. The van der Waals surface area contributed by atoms with Gasteiger partial charge in [-0.25, -0.2) is 0 Å². The Kier molecular flexibility index (Phi) is 4.69. The second kappa shape index (κ2) is 6.49. The molecule has 3 rings (SSSR count). The van der Waals surface area contributed by atoms with Gasteiger partial charge in [-0.05, 0) is 37.5 Å². The van der Waals surface area contributed by atoms with E-state index < -0.39 is 0 Å². The van der Waals surface area contributed by atoms with Crippen LogP contribution in [0.4, 0.5) is 0 Å². The van der Waals surface area contributed by atoms with Crippen LogP contribution in [0.3, 0.4) is 0 Å². The molecule has 1 aliphatic carbocycles. The van der Waals surface area contributed by atoms with Crippen LogP contribution in [0.25, 0.3) is 0 Å². The number of rotatable bonds is 3. The van der Waals surface area contributed by atoms with Gasteiger partial charge in [-0.2, -0.15) is 0 Å². The Morgan fingerprint density at radius 2 is 2.16 bits per heavy atom. The second-order valence-electron chi connectivity index (χ2n) is 6.32. The zero-order chi connectivity index (χ0) is 13.0. The van der Waals surface area contributed by atoms with E-state index in [0.29, 0.717) is 11.5 Å². The van der Waals surface area contributed by atoms with Crippen molar-refractivity contribution in [2.24, 2.45) is 10.4 Å². The van der Waals surface area contributed by atoms with Crippen LogP contribution in [0.15, 0.2) is 4.99 Å². The Hall–Kier alpha value is -0.220. The summed E-state index contributed by atoms with van der Waals surface area (Å²) in [6, 6.07) is 0. The second-order valence-corrected chi connectivity index (χ2v) is 7.29. The summed E-state index contributed by atoms with van der Waals surface area (Å²) in [5.41, 5.74) is 0.544. The molecule has 1 atom stereocenters. The zero-order valence-corrected chi connectivity index (χ0v) is 12.6. The van der Waals surface area contributed by atoms with E-state index in [0.717, 1.165) is 26.1 Å². The molecule has 0 bridgehead atoms. The van der Waals surface area contributed by atoms with Gasteiger partial charge in [0.1, 0.15) is 0 Å². The van der Waals surface area contributed by atoms with E-state index in [1.807, 2.05) is 11.8 Å². The first-order chi connectivity index (χ1) is 9.36. The SMILES string of the molecule is C1CCC2(CC1)CN=C(NCCC1CCCO1)SC2. The van der Waals surface area contributed by atoms with Gasteiger partial charge in [-0.1, -0.05) is 31.0 Å².